The summed E-state index contributed by atoms with van der Waals surface area (Å²) in [7, 11) is 0. The number of benzene rings is 2. The van der Waals surface area contributed by atoms with Gasteiger partial charge in [0, 0.05) is 17.1 Å². The predicted octanol–water partition coefficient (Wildman–Crippen LogP) is 5.25. The monoisotopic (exact) mass is 358 g/mol. The van der Waals surface area contributed by atoms with Crippen LogP contribution in [0.1, 0.15) is 13.8 Å². The van der Waals surface area contributed by atoms with Crippen LogP contribution in [0.5, 0.6) is 0 Å². The Morgan fingerprint density at radius 1 is 0.704 bits per heavy atom. The second-order valence-corrected chi connectivity index (χ2v) is 5.66. The maximum Gasteiger partial charge on any atom is 0.233 e. The molecule has 6 heteroatoms. The van der Waals surface area contributed by atoms with Gasteiger partial charge in [0.05, 0.1) is 0 Å². The molecule has 0 bridgehead atoms. The van der Waals surface area contributed by atoms with E-state index in [0.717, 1.165) is 17.1 Å². The van der Waals surface area contributed by atoms with Crippen molar-refractivity contribution in [2.45, 2.75) is 13.8 Å². The third kappa shape index (κ3) is 5.40. The molecule has 0 saturated carbocycles. The molecule has 3 rings (SSSR count). The highest BCUT2D eigenvalue weighted by Crippen LogP contribution is 2.19. The van der Waals surface area contributed by atoms with Gasteiger partial charge in [-0.1, -0.05) is 48.6 Å². The van der Waals surface area contributed by atoms with Gasteiger partial charge in [-0.2, -0.15) is 15.0 Å². The largest absolute Gasteiger partial charge is 0.324 e. The fraction of sp³-hybridized carbons (Fsp3) is 0.0952. The smallest absolute Gasteiger partial charge is 0.233 e. The lowest BCUT2D eigenvalue weighted by Gasteiger charge is -2.11. The Balaban J connectivity index is 1.91. The average molecular weight is 358 g/mol. The van der Waals surface area contributed by atoms with Gasteiger partial charge in [0.25, 0.3) is 0 Å². The van der Waals surface area contributed by atoms with E-state index in [1.807, 2.05) is 92.7 Å². The van der Waals surface area contributed by atoms with Gasteiger partial charge < -0.3 is 16.0 Å². The van der Waals surface area contributed by atoms with Crippen LogP contribution in [-0.2, 0) is 0 Å². The van der Waals surface area contributed by atoms with E-state index in [-0.39, 0.29) is 0 Å². The van der Waals surface area contributed by atoms with Gasteiger partial charge in [-0.15, -0.1) is 0 Å². The second kappa shape index (κ2) is 9.15. The standard InChI is InChI=1S/C21H22N6/c1-3-11-16(4-2)22-19-25-20(23-17-12-7-5-8-13-17)27-21(26-19)24-18-14-9-6-10-15-18/h3-15H,1-2H3,(H3,22,23,24,25,26,27)/b11-3-,16-4+. The van der Waals surface area contributed by atoms with Crippen LogP contribution in [0.25, 0.3) is 0 Å². The molecule has 27 heavy (non-hydrogen) atoms. The van der Waals surface area contributed by atoms with Gasteiger partial charge in [-0.3, -0.25) is 0 Å². The topological polar surface area (TPSA) is 74.8 Å². The quantitative estimate of drug-likeness (QED) is 0.501. The third-order valence-corrected chi connectivity index (χ3v) is 3.61. The summed E-state index contributed by atoms with van der Waals surface area (Å²) in [5.74, 6) is 1.36. The Morgan fingerprint density at radius 3 is 1.63 bits per heavy atom. The lowest BCUT2D eigenvalue weighted by molar-refractivity contribution is 1.06. The molecule has 2 aromatic carbocycles. The Morgan fingerprint density at radius 2 is 1.19 bits per heavy atom. The molecule has 0 fully saturated rings. The van der Waals surface area contributed by atoms with Crippen molar-refractivity contribution in [3.63, 3.8) is 0 Å². The molecular formula is C21H22N6. The molecule has 0 atom stereocenters. The Labute approximate surface area is 159 Å². The van der Waals surface area contributed by atoms with Crippen LogP contribution >= 0.6 is 0 Å². The summed E-state index contributed by atoms with van der Waals surface area (Å²) in [6.07, 6.45) is 5.87. The van der Waals surface area contributed by atoms with Gasteiger partial charge in [-0.05, 0) is 44.2 Å². The molecule has 3 aromatic rings. The number of hydrogen-bond acceptors (Lipinski definition) is 6. The van der Waals surface area contributed by atoms with Crippen LogP contribution in [0.15, 0.2) is 84.6 Å². The summed E-state index contributed by atoms with van der Waals surface area (Å²) in [4.78, 5) is 13.4. The Kier molecular flexibility index (Phi) is 6.14. The molecule has 1 aromatic heterocycles. The second-order valence-electron chi connectivity index (χ2n) is 5.66. The molecule has 3 N–H and O–H groups in total. The first-order valence-electron chi connectivity index (χ1n) is 8.73. The zero-order valence-electron chi connectivity index (χ0n) is 15.3. The molecule has 6 nitrogen and oxygen atoms in total. The SMILES string of the molecule is C/C=C\C(=C/C)Nc1nc(Nc2ccccc2)nc(Nc2ccccc2)n1. The van der Waals surface area contributed by atoms with Gasteiger partial charge in [0.1, 0.15) is 0 Å². The van der Waals surface area contributed by atoms with Crippen LogP contribution in [0, 0.1) is 0 Å². The first kappa shape index (κ1) is 18.1. The zero-order chi connectivity index (χ0) is 18.9. The van der Waals surface area contributed by atoms with Crippen molar-refractivity contribution in [1.82, 2.24) is 15.0 Å². The minimum Gasteiger partial charge on any atom is -0.324 e. The first-order valence-corrected chi connectivity index (χ1v) is 8.73. The summed E-state index contributed by atoms with van der Waals surface area (Å²) in [6, 6.07) is 19.6. The van der Waals surface area contributed by atoms with E-state index < -0.39 is 0 Å². The molecule has 1 heterocycles. The third-order valence-electron chi connectivity index (χ3n) is 3.61. The van der Waals surface area contributed by atoms with Crippen LogP contribution in [0.2, 0.25) is 0 Å². The predicted molar refractivity (Wildman–Crippen MR) is 111 cm³/mol. The van der Waals surface area contributed by atoms with Crippen molar-refractivity contribution in [1.29, 1.82) is 0 Å². The Bertz CT molecular complexity index is 860. The molecule has 136 valence electrons. The fourth-order valence-corrected chi connectivity index (χ4v) is 2.36. The lowest BCUT2D eigenvalue weighted by Crippen LogP contribution is -2.09. The number of aromatic nitrogens is 3. The number of nitrogens with one attached hydrogen (secondary N) is 3. The van der Waals surface area contributed by atoms with Crippen molar-refractivity contribution >= 4 is 29.2 Å². The minimum atomic E-state index is 0.452. The molecule has 0 spiro atoms. The number of hydrogen-bond donors (Lipinski definition) is 3. The number of allylic oxidation sites excluding steroid dienone is 3. The number of anilines is 5. The van der Waals surface area contributed by atoms with Crippen molar-refractivity contribution in [2.24, 2.45) is 0 Å². The maximum absolute atomic E-state index is 4.48. The van der Waals surface area contributed by atoms with E-state index in [0.29, 0.717) is 17.8 Å². The van der Waals surface area contributed by atoms with Crippen molar-refractivity contribution in [3.05, 3.63) is 84.6 Å². The highest BCUT2D eigenvalue weighted by molar-refractivity contribution is 5.59. The van der Waals surface area contributed by atoms with E-state index in [9.17, 15) is 0 Å². The molecule has 0 unspecified atom stereocenters. The summed E-state index contributed by atoms with van der Waals surface area (Å²) < 4.78 is 0. The van der Waals surface area contributed by atoms with Crippen LogP contribution in [0.3, 0.4) is 0 Å². The number of nitrogens with zero attached hydrogens (tertiary/aromatic N) is 3. The van der Waals surface area contributed by atoms with Crippen LogP contribution < -0.4 is 16.0 Å². The van der Waals surface area contributed by atoms with E-state index in [4.69, 9.17) is 0 Å². The average Bonchev–Trinajstić information content (AvgIpc) is 2.69. The van der Waals surface area contributed by atoms with E-state index in [2.05, 4.69) is 30.9 Å². The van der Waals surface area contributed by atoms with Crippen molar-refractivity contribution in [2.75, 3.05) is 16.0 Å². The van der Waals surface area contributed by atoms with Crippen molar-refractivity contribution < 1.29 is 0 Å². The molecule has 0 saturated heterocycles. The van der Waals surface area contributed by atoms with E-state index in [1.54, 1.807) is 0 Å². The highest BCUT2D eigenvalue weighted by atomic mass is 15.3. The van der Waals surface area contributed by atoms with Gasteiger partial charge >= 0.3 is 0 Å². The zero-order valence-corrected chi connectivity index (χ0v) is 15.3. The minimum absolute atomic E-state index is 0.452. The molecular weight excluding hydrogens is 336 g/mol. The summed E-state index contributed by atoms with van der Waals surface area (Å²) in [5.41, 5.74) is 2.71. The maximum atomic E-state index is 4.48. The Hall–Kier alpha value is -3.67. The molecule has 0 amide bonds. The fourth-order valence-electron chi connectivity index (χ4n) is 2.36. The van der Waals surface area contributed by atoms with E-state index >= 15 is 0 Å². The van der Waals surface area contributed by atoms with Gasteiger partial charge in [-0.25, -0.2) is 0 Å². The molecule has 0 radical (unpaired) electrons. The molecule has 0 aliphatic carbocycles. The van der Waals surface area contributed by atoms with Gasteiger partial charge in [0.2, 0.25) is 17.8 Å². The van der Waals surface area contributed by atoms with Crippen LogP contribution in [0.4, 0.5) is 29.2 Å². The lowest BCUT2D eigenvalue weighted by atomic mass is 10.3. The number of rotatable bonds is 7. The summed E-state index contributed by atoms with van der Waals surface area (Å²) in [6.45, 7) is 3.92. The van der Waals surface area contributed by atoms with Gasteiger partial charge in [0.15, 0.2) is 0 Å². The molecule has 0 aliphatic rings. The van der Waals surface area contributed by atoms with Crippen molar-refractivity contribution in [3.8, 4) is 0 Å². The van der Waals surface area contributed by atoms with Crippen LogP contribution in [-0.4, -0.2) is 15.0 Å². The van der Waals surface area contributed by atoms with E-state index in [1.165, 1.54) is 0 Å². The summed E-state index contributed by atoms with van der Waals surface area (Å²) >= 11 is 0. The molecule has 0 aliphatic heterocycles. The summed E-state index contributed by atoms with van der Waals surface area (Å²) in [5, 5.41) is 9.64. The normalized spacial score (nSPS) is 11.4. The first-order chi connectivity index (χ1) is 13.3. The number of para-hydroxylation sites is 2. The highest BCUT2D eigenvalue weighted by Gasteiger charge is 2.08.